The van der Waals surface area contributed by atoms with Crippen LogP contribution in [0.4, 0.5) is 39.4 Å². The van der Waals surface area contributed by atoms with Gasteiger partial charge in [0.1, 0.15) is 16.9 Å². The molecule has 0 aliphatic carbocycles. The summed E-state index contributed by atoms with van der Waals surface area (Å²) in [4.78, 5) is 7.24. The van der Waals surface area contributed by atoms with Crippen molar-refractivity contribution in [2.45, 2.75) is 38.9 Å². The summed E-state index contributed by atoms with van der Waals surface area (Å²) in [6.45, 7) is 3.88. The topological polar surface area (TPSA) is 91.5 Å². The molecule has 2 rings (SSSR count). The van der Waals surface area contributed by atoms with Crippen molar-refractivity contribution in [1.82, 2.24) is 19.7 Å². The Morgan fingerprint density at radius 2 is 1.96 bits per heavy atom. The molecule has 0 saturated carbocycles. The summed E-state index contributed by atoms with van der Waals surface area (Å²) >= 11 is 0. The van der Waals surface area contributed by atoms with Crippen LogP contribution in [0.1, 0.15) is 25.1 Å². The zero-order valence-corrected chi connectivity index (χ0v) is 14.6. The summed E-state index contributed by atoms with van der Waals surface area (Å²) in [5.41, 5.74) is -1.40. The Morgan fingerprint density at radius 1 is 1.30 bits per heavy atom. The molecule has 27 heavy (non-hydrogen) atoms. The lowest BCUT2D eigenvalue weighted by molar-refractivity contribution is -0.137. The maximum Gasteiger partial charge on any atom is 0.421 e. The smallest absolute Gasteiger partial charge is 0.364 e. The first-order chi connectivity index (χ1) is 12.4. The van der Waals surface area contributed by atoms with E-state index in [1.165, 1.54) is 10.9 Å². The number of nitriles is 1. The number of hydrogen-bond acceptors (Lipinski definition) is 6. The van der Waals surface area contributed by atoms with E-state index in [2.05, 4.69) is 26.5 Å². The SMILES string of the molecule is Cc1nn(C(C)(C)C#N)cc1Nc1ncc(C(F)(F)F)c(NCC(F)F)n1. The van der Waals surface area contributed by atoms with Crippen LogP contribution in [0.25, 0.3) is 0 Å². The second kappa shape index (κ2) is 7.34. The molecular formula is C15H16F5N7. The van der Waals surface area contributed by atoms with Crippen molar-refractivity contribution in [1.29, 1.82) is 5.26 Å². The largest absolute Gasteiger partial charge is 0.421 e. The molecule has 2 aromatic rings. The fourth-order valence-corrected chi connectivity index (χ4v) is 2.00. The van der Waals surface area contributed by atoms with Gasteiger partial charge in [0.15, 0.2) is 0 Å². The molecule has 2 N–H and O–H groups in total. The normalized spacial score (nSPS) is 12.1. The van der Waals surface area contributed by atoms with Gasteiger partial charge in [0.2, 0.25) is 5.95 Å². The molecule has 0 bridgehead atoms. The van der Waals surface area contributed by atoms with Gasteiger partial charge < -0.3 is 10.6 Å². The number of aromatic nitrogens is 4. The average Bonchev–Trinajstić information content (AvgIpc) is 2.93. The first kappa shape index (κ1) is 20.3. The number of nitrogens with one attached hydrogen (secondary N) is 2. The van der Waals surface area contributed by atoms with Gasteiger partial charge in [-0.15, -0.1) is 0 Å². The third-order valence-corrected chi connectivity index (χ3v) is 3.51. The van der Waals surface area contributed by atoms with E-state index < -0.39 is 36.1 Å². The van der Waals surface area contributed by atoms with E-state index >= 15 is 0 Å². The van der Waals surface area contributed by atoms with E-state index in [9.17, 15) is 22.0 Å². The lowest BCUT2D eigenvalue weighted by Gasteiger charge is -2.15. The van der Waals surface area contributed by atoms with Crippen molar-refractivity contribution in [2.24, 2.45) is 0 Å². The maximum absolute atomic E-state index is 13.0. The Kier molecular flexibility index (Phi) is 5.53. The van der Waals surface area contributed by atoms with Crippen LogP contribution in [-0.4, -0.2) is 32.7 Å². The minimum Gasteiger partial charge on any atom is -0.364 e. The molecule has 0 saturated heterocycles. The predicted molar refractivity (Wildman–Crippen MR) is 86.7 cm³/mol. The first-order valence-corrected chi connectivity index (χ1v) is 7.65. The van der Waals surface area contributed by atoms with E-state index in [-0.39, 0.29) is 5.95 Å². The quantitative estimate of drug-likeness (QED) is 0.733. The highest BCUT2D eigenvalue weighted by molar-refractivity contribution is 5.58. The van der Waals surface area contributed by atoms with Gasteiger partial charge >= 0.3 is 6.18 Å². The highest BCUT2D eigenvalue weighted by atomic mass is 19.4. The average molecular weight is 389 g/mol. The Hall–Kier alpha value is -2.97. The van der Waals surface area contributed by atoms with E-state index in [4.69, 9.17) is 5.26 Å². The molecule has 2 heterocycles. The van der Waals surface area contributed by atoms with Gasteiger partial charge in [-0.3, -0.25) is 4.68 Å². The molecule has 7 nitrogen and oxygen atoms in total. The molecular weight excluding hydrogens is 373 g/mol. The van der Waals surface area contributed by atoms with E-state index in [1.807, 2.05) is 5.32 Å². The van der Waals surface area contributed by atoms with Gasteiger partial charge in [-0.2, -0.15) is 28.5 Å². The molecule has 0 aliphatic rings. The fraction of sp³-hybridized carbons (Fsp3) is 0.467. The second-order valence-corrected chi connectivity index (χ2v) is 6.09. The van der Waals surface area contributed by atoms with Gasteiger partial charge in [0.25, 0.3) is 6.43 Å². The predicted octanol–water partition coefficient (Wildman–Crippen LogP) is 3.68. The van der Waals surface area contributed by atoms with Crippen LogP contribution < -0.4 is 10.6 Å². The number of rotatable bonds is 6. The summed E-state index contributed by atoms with van der Waals surface area (Å²) in [5, 5.41) is 18.0. The zero-order chi connectivity index (χ0) is 20.4. The van der Waals surface area contributed by atoms with Gasteiger partial charge in [-0.1, -0.05) is 0 Å². The molecule has 12 heteroatoms. The molecule has 146 valence electrons. The Balaban J connectivity index is 2.35. The van der Waals surface area contributed by atoms with Crippen LogP contribution in [0.2, 0.25) is 0 Å². The lowest BCUT2D eigenvalue weighted by atomic mass is 10.1. The number of nitrogens with zero attached hydrogens (tertiary/aromatic N) is 5. The molecule has 0 atom stereocenters. The number of aryl methyl sites for hydroxylation is 1. The van der Waals surface area contributed by atoms with Gasteiger partial charge in [0.05, 0.1) is 30.2 Å². The summed E-state index contributed by atoms with van der Waals surface area (Å²) in [6, 6.07) is 2.06. The van der Waals surface area contributed by atoms with Crippen LogP contribution in [-0.2, 0) is 11.7 Å². The summed E-state index contributed by atoms with van der Waals surface area (Å²) < 4.78 is 65.1. The highest BCUT2D eigenvalue weighted by Gasteiger charge is 2.35. The van der Waals surface area contributed by atoms with Crippen LogP contribution in [0.5, 0.6) is 0 Å². The molecule has 0 aromatic carbocycles. The second-order valence-electron chi connectivity index (χ2n) is 6.09. The van der Waals surface area contributed by atoms with Crippen molar-refractivity contribution in [2.75, 3.05) is 17.2 Å². The zero-order valence-electron chi connectivity index (χ0n) is 14.6. The van der Waals surface area contributed by atoms with Gasteiger partial charge in [-0.25, -0.2) is 13.8 Å². The van der Waals surface area contributed by atoms with Crippen molar-refractivity contribution in [3.8, 4) is 6.07 Å². The number of anilines is 3. The molecule has 2 aromatic heterocycles. The minimum atomic E-state index is -4.80. The monoisotopic (exact) mass is 389 g/mol. The fourth-order valence-electron chi connectivity index (χ4n) is 2.00. The summed E-state index contributed by atoms with van der Waals surface area (Å²) in [7, 11) is 0. The number of halogens is 5. The van der Waals surface area contributed by atoms with Crippen molar-refractivity contribution >= 4 is 17.5 Å². The van der Waals surface area contributed by atoms with E-state index in [0.29, 0.717) is 17.6 Å². The van der Waals surface area contributed by atoms with Gasteiger partial charge in [0, 0.05) is 6.20 Å². The van der Waals surface area contributed by atoms with Crippen LogP contribution in [0.3, 0.4) is 0 Å². The molecule has 0 aliphatic heterocycles. The molecule has 0 unspecified atom stereocenters. The Morgan fingerprint density at radius 3 is 2.52 bits per heavy atom. The van der Waals surface area contributed by atoms with Gasteiger partial charge in [-0.05, 0) is 20.8 Å². The highest BCUT2D eigenvalue weighted by Crippen LogP contribution is 2.34. The lowest BCUT2D eigenvalue weighted by Crippen LogP contribution is -2.24. The third kappa shape index (κ3) is 4.81. The standard InChI is InChI=1S/C15H16F5N7/c1-8-10(6-27(26-8)14(2,3)7-21)24-13-23-4-9(15(18,19)20)12(25-13)22-5-11(16)17/h4,6,11H,5H2,1-3H3,(H2,22,23,24,25). The first-order valence-electron chi connectivity index (χ1n) is 7.65. The molecule has 0 amide bonds. The summed E-state index contributed by atoms with van der Waals surface area (Å²) in [6.07, 6.45) is -5.68. The van der Waals surface area contributed by atoms with Crippen molar-refractivity contribution in [3.05, 3.63) is 23.7 Å². The Labute approximate surface area is 151 Å². The maximum atomic E-state index is 13.0. The van der Waals surface area contributed by atoms with Crippen LogP contribution in [0, 0.1) is 18.3 Å². The van der Waals surface area contributed by atoms with E-state index in [0.717, 1.165) is 0 Å². The number of hydrogen-bond donors (Lipinski definition) is 2. The van der Waals surface area contributed by atoms with E-state index in [1.54, 1.807) is 20.8 Å². The van der Waals surface area contributed by atoms with Crippen molar-refractivity contribution in [3.63, 3.8) is 0 Å². The van der Waals surface area contributed by atoms with Crippen LogP contribution >= 0.6 is 0 Å². The third-order valence-electron chi connectivity index (χ3n) is 3.51. The molecule has 0 fully saturated rings. The molecule has 0 radical (unpaired) electrons. The minimum absolute atomic E-state index is 0.239. The van der Waals surface area contributed by atoms with Crippen LogP contribution in [0.15, 0.2) is 12.4 Å². The molecule has 0 spiro atoms. The van der Waals surface area contributed by atoms with Crippen molar-refractivity contribution < 1.29 is 22.0 Å². The Bertz CT molecular complexity index is 851. The number of alkyl halides is 5. The summed E-state index contributed by atoms with van der Waals surface area (Å²) in [5.74, 6) is -1.00.